The molecule has 1 rings (SSSR count). The predicted molar refractivity (Wildman–Crippen MR) is 70.3 cm³/mol. The zero-order valence-corrected chi connectivity index (χ0v) is 11.3. The van der Waals surface area contributed by atoms with Crippen LogP contribution in [-0.2, 0) is 14.3 Å². The highest BCUT2D eigenvalue weighted by atomic mass is 32.1. The minimum Gasteiger partial charge on any atom is -0.471 e. The normalized spacial score (nSPS) is 8.88. The molecule has 0 radical (unpaired) electrons. The van der Waals surface area contributed by atoms with E-state index in [4.69, 9.17) is 4.79 Å². The SMILES string of the molecule is CCCCC(=O)Nc1sccc1C.COC=O. The first-order chi connectivity index (χ1) is 8.15. The quantitative estimate of drug-likeness (QED) is 0.825. The van der Waals surface area contributed by atoms with E-state index in [1.165, 1.54) is 7.11 Å². The average Bonchev–Trinajstić information content (AvgIpc) is 2.73. The lowest BCUT2D eigenvalue weighted by Crippen LogP contribution is -2.10. The number of amides is 1. The fraction of sp³-hybridized carbons (Fsp3) is 0.500. The second-order valence-electron chi connectivity index (χ2n) is 3.42. The van der Waals surface area contributed by atoms with Crippen LogP contribution < -0.4 is 5.32 Å². The second-order valence-corrected chi connectivity index (χ2v) is 4.33. The Morgan fingerprint density at radius 1 is 1.59 bits per heavy atom. The predicted octanol–water partition coefficient (Wildman–Crippen LogP) is 2.97. The van der Waals surface area contributed by atoms with Crippen LogP contribution in [-0.4, -0.2) is 19.5 Å². The van der Waals surface area contributed by atoms with Crippen LogP contribution in [0.5, 0.6) is 0 Å². The molecule has 0 bridgehead atoms. The first kappa shape index (κ1) is 15.6. The highest BCUT2D eigenvalue weighted by molar-refractivity contribution is 7.14. The van der Waals surface area contributed by atoms with E-state index in [9.17, 15) is 4.79 Å². The maximum absolute atomic E-state index is 11.3. The fourth-order valence-electron chi connectivity index (χ4n) is 1.03. The zero-order chi connectivity index (χ0) is 13.1. The number of methoxy groups -OCH3 is 1. The summed E-state index contributed by atoms with van der Waals surface area (Å²) in [6, 6.07) is 2.01. The second kappa shape index (κ2) is 9.84. The molecule has 96 valence electrons. The Morgan fingerprint density at radius 2 is 2.24 bits per heavy atom. The van der Waals surface area contributed by atoms with E-state index in [-0.39, 0.29) is 5.91 Å². The first-order valence-electron chi connectivity index (χ1n) is 5.46. The third-order valence-corrected chi connectivity index (χ3v) is 2.90. The van der Waals surface area contributed by atoms with Crippen LogP contribution in [0.2, 0.25) is 0 Å². The molecule has 0 saturated carbocycles. The van der Waals surface area contributed by atoms with Crippen molar-refractivity contribution < 1.29 is 14.3 Å². The number of nitrogens with one attached hydrogen (secondary N) is 1. The Morgan fingerprint density at radius 3 is 2.65 bits per heavy atom. The summed E-state index contributed by atoms with van der Waals surface area (Å²) < 4.78 is 3.86. The Bertz CT molecular complexity index is 336. The number of aryl methyl sites for hydroxylation is 1. The minimum atomic E-state index is 0.132. The van der Waals surface area contributed by atoms with Crippen molar-refractivity contribution in [1.82, 2.24) is 0 Å². The van der Waals surface area contributed by atoms with Crippen molar-refractivity contribution in [2.75, 3.05) is 12.4 Å². The lowest BCUT2D eigenvalue weighted by Gasteiger charge is -2.02. The van der Waals surface area contributed by atoms with Gasteiger partial charge in [-0.1, -0.05) is 13.3 Å². The van der Waals surface area contributed by atoms with E-state index >= 15 is 0 Å². The van der Waals surface area contributed by atoms with Crippen LogP contribution in [0.25, 0.3) is 0 Å². The molecule has 1 aromatic rings. The number of hydrogen-bond donors (Lipinski definition) is 1. The number of hydrogen-bond acceptors (Lipinski definition) is 4. The largest absolute Gasteiger partial charge is 0.471 e. The minimum absolute atomic E-state index is 0.132. The topological polar surface area (TPSA) is 55.4 Å². The summed E-state index contributed by atoms with van der Waals surface area (Å²) in [6.45, 7) is 4.47. The molecule has 0 fully saturated rings. The van der Waals surface area contributed by atoms with Gasteiger partial charge in [0.2, 0.25) is 5.91 Å². The molecular formula is C12H19NO3S. The first-order valence-corrected chi connectivity index (χ1v) is 6.34. The Hall–Kier alpha value is -1.36. The summed E-state index contributed by atoms with van der Waals surface area (Å²) in [5.74, 6) is 0.132. The molecule has 0 spiro atoms. The lowest BCUT2D eigenvalue weighted by atomic mass is 10.2. The molecule has 0 aliphatic carbocycles. The number of thiophene rings is 1. The van der Waals surface area contributed by atoms with E-state index in [1.54, 1.807) is 11.3 Å². The van der Waals surface area contributed by atoms with E-state index in [2.05, 4.69) is 17.0 Å². The monoisotopic (exact) mass is 257 g/mol. The highest BCUT2D eigenvalue weighted by Crippen LogP contribution is 2.21. The lowest BCUT2D eigenvalue weighted by molar-refractivity contribution is -0.126. The molecule has 0 atom stereocenters. The molecule has 1 heterocycles. The molecule has 0 saturated heterocycles. The molecule has 1 aromatic heterocycles. The summed E-state index contributed by atoms with van der Waals surface area (Å²) in [5.41, 5.74) is 1.15. The highest BCUT2D eigenvalue weighted by Gasteiger charge is 2.04. The molecule has 0 aliphatic heterocycles. The fourth-order valence-corrected chi connectivity index (χ4v) is 1.86. The molecule has 17 heavy (non-hydrogen) atoms. The van der Waals surface area contributed by atoms with Crippen LogP contribution in [0.15, 0.2) is 11.4 Å². The Labute approximate surface area is 106 Å². The average molecular weight is 257 g/mol. The molecule has 1 amide bonds. The van der Waals surface area contributed by atoms with Gasteiger partial charge in [0, 0.05) is 6.42 Å². The summed E-state index contributed by atoms with van der Waals surface area (Å²) >= 11 is 1.58. The van der Waals surface area contributed by atoms with Crippen molar-refractivity contribution in [3.05, 3.63) is 17.0 Å². The van der Waals surface area contributed by atoms with Crippen molar-refractivity contribution in [1.29, 1.82) is 0 Å². The smallest absolute Gasteiger partial charge is 0.292 e. The molecule has 0 aromatic carbocycles. The molecule has 1 N–H and O–H groups in total. The number of ether oxygens (including phenoxy) is 1. The van der Waals surface area contributed by atoms with Crippen LogP contribution in [0.1, 0.15) is 31.7 Å². The summed E-state index contributed by atoms with van der Waals surface area (Å²) in [7, 11) is 1.31. The van der Waals surface area contributed by atoms with Gasteiger partial charge in [0.25, 0.3) is 6.47 Å². The van der Waals surface area contributed by atoms with Gasteiger partial charge in [-0.25, -0.2) is 0 Å². The van der Waals surface area contributed by atoms with Crippen molar-refractivity contribution in [2.45, 2.75) is 33.1 Å². The zero-order valence-electron chi connectivity index (χ0n) is 10.5. The summed E-state index contributed by atoms with van der Waals surface area (Å²) in [6.07, 6.45) is 2.67. The van der Waals surface area contributed by atoms with Crippen LogP contribution in [0.3, 0.4) is 0 Å². The maximum atomic E-state index is 11.3. The molecule has 5 heteroatoms. The number of carbonyl (C=O) groups excluding carboxylic acids is 2. The van der Waals surface area contributed by atoms with Gasteiger partial charge in [0.1, 0.15) is 0 Å². The van der Waals surface area contributed by atoms with Gasteiger partial charge in [-0.2, -0.15) is 0 Å². The van der Waals surface area contributed by atoms with E-state index in [0.717, 1.165) is 23.4 Å². The van der Waals surface area contributed by atoms with Crippen LogP contribution in [0, 0.1) is 6.92 Å². The van der Waals surface area contributed by atoms with Crippen molar-refractivity contribution in [3.63, 3.8) is 0 Å². The number of rotatable bonds is 5. The maximum Gasteiger partial charge on any atom is 0.292 e. The van der Waals surface area contributed by atoms with Gasteiger partial charge >= 0.3 is 0 Å². The van der Waals surface area contributed by atoms with Gasteiger partial charge in [0.15, 0.2) is 0 Å². The van der Waals surface area contributed by atoms with Gasteiger partial charge < -0.3 is 10.1 Å². The molecule has 4 nitrogen and oxygen atoms in total. The van der Waals surface area contributed by atoms with E-state index < -0.39 is 0 Å². The number of carbonyl (C=O) groups is 2. The molecular weight excluding hydrogens is 238 g/mol. The third-order valence-electron chi connectivity index (χ3n) is 1.97. The van der Waals surface area contributed by atoms with Crippen LogP contribution >= 0.6 is 11.3 Å². The molecule has 0 aliphatic rings. The van der Waals surface area contributed by atoms with E-state index in [0.29, 0.717) is 12.9 Å². The number of anilines is 1. The third kappa shape index (κ3) is 7.52. The van der Waals surface area contributed by atoms with Crippen molar-refractivity contribution in [2.24, 2.45) is 0 Å². The van der Waals surface area contributed by atoms with E-state index in [1.807, 2.05) is 18.4 Å². The van der Waals surface area contributed by atoms with Crippen LogP contribution in [0.4, 0.5) is 5.00 Å². The van der Waals surface area contributed by atoms with Crippen molar-refractivity contribution >= 4 is 28.7 Å². The van der Waals surface area contributed by atoms with Gasteiger partial charge in [-0.3, -0.25) is 9.59 Å². The Kier molecular flexibility index (Phi) is 9.05. The van der Waals surface area contributed by atoms with Crippen molar-refractivity contribution in [3.8, 4) is 0 Å². The van der Waals surface area contributed by atoms with Gasteiger partial charge in [-0.15, -0.1) is 11.3 Å². The Balaban J connectivity index is 0.000000557. The van der Waals surface area contributed by atoms with Gasteiger partial charge in [-0.05, 0) is 30.4 Å². The standard InChI is InChI=1S/C10H15NOS.C2H4O2/c1-3-4-5-9(12)11-10-8(2)6-7-13-10;1-4-2-3/h6-7H,3-5H2,1-2H3,(H,11,12);2H,1H3. The summed E-state index contributed by atoms with van der Waals surface area (Å²) in [4.78, 5) is 20.3. The number of unbranched alkanes of at least 4 members (excludes halogenated alkanes) is 1. The van der Waals surface area contributed by atoms with Gasteiger partial charge in [0.05, 0.1) is 12.1 Å². The summed E-state index contributed by atoms with van der Waals surface area (Å²) in [5, 5.41) is 5.88. The molecule has 0 unspecified atom stereocenters.